The van der Waals surface area contributed by atoms with Gasteiger partial charge in [0.1, 0.15) is 6.61 Å². The zero-order valence-electron chi connectivity index (χ0n) is 20.8. The SMILES string of the molecule is CC[C@@H](CC(=O)O)NC(=O)C(C)CCCC(C)NC(=O)OCC1c2ccccc2-c2ccccc21. The first kappa shape index (κ1) is 26.3. The van der Waals surface area contributed by atoms with E-state index in [2.05, 4.69) is 34.9 Å². The maximum absolute atomic E-state index is 12.4. The number of amides is 2. The number of benzene rings is 2. The van der Waals surface area contributed by atoms with Gasteiger partial charge in [0.2, 0.25) is 5.91 Å². The number of carbonyl (C=O) groups is 3. The number of rotatable bonds is 12. The van der Waals surface area contributed by atoms with Crippen LogP contribution in [-0.4, -0.2) is 41.8 Å². The van der Waals surface area contributed by atoms with Crippen molar-refractivity contribution in [3.8, 4) is 11.1 Å². The van der Waals surface area contributed by atoms with Crippen molar-refractivity contribution in [1.82, 2.24) is 10.6 Å². The van der Waals surface area contributed by atoms with E-state index in [4.69, 9.17) is 9.84 Å². The lowest BCUT2D eigenvalue weighted by atomic mass is 9.98. The molecule has 188 valence electrons. The van der Waals surface area contributed by atoms with Crippen LogP contribution in [0.4, 0.5) is 4.79 Å². The Kier molecular flexibility index (Phi) is 9.29. The van der Waals surface area contributed by atoms with E-state index in [9.17, 15) is 14.4 Å². The number of alkyl carbamates (subject to hydrolysis) is 1. The van der Waals surface area contributed by atoms with Gasteiger partial charge in [0.05, 0.1) is 6.42 Å². The molecule has 2 aromatic carbocycles. The highest BCUT2D eigenvalue weighted by atomic mass is 16.5. The van der Waals surface area contributed by atoms with Gasteiger partial charge in [-0.25, -0.2) is 4.79 Å². The molecule has 2 unspecified atom stereocenters. The van der Waals surface area contributed by atoms with Crippen LogP contribution < -0.4 is 10.6 Å². The maximum atomic E-state index is 12.4. The molecule has 0 bridgehead atoms. The van der Waals surface area contributed by atoms with Crippen LogP contribution in [0.5, 0.6) is 0 Å². The Morgan fingerprint density at radius 1 is 0.943 bits per heavy atom. The molecule has 35 heavy (non-hydrogen) atoms. The van der Waals surface area contributed by atoms with Crippen molar-refractivity contribution in [1.29, 1.82) is 0 Å². The molecule has 3 rings (SSSR count). The smallest absolute Gasteiger partial charge is 0.407 e. The van der Waals surface area contributed by atoms with Crippen LogP contribution >= 0.6 is 0 Å². The lowest BCUT2D eigenvalue weighted by molar-refractivity contribution is -0.137. The van der Waals surface area contributed by atoms with Crippen molar-refractivity contribution in [3.63, 3.8) is 0 Å². The highest BCUT2D eigenvalue weighted by Crippen LogP contribution is 2.44. The average molecular weight is 481 g/mol. The van der Waals surface area contributed by atoms with Gasteiger partial charge < -0.3 is 20.5 Å². The first-order chi connectivity index (χ1) is 16.8. The van der Waals surface area contributed by atoms with Crippen LogP contribution in [0.15, 0.2) is 48.5 Å². The summed E-state index contributed by atoms with van der Waals surface area (Å²) in [4.78, 5) is 35.7. The van der Waals surface area contributed by atoms with E-state index in [0.717, 1.165) is 6.42 Å². The van der Waals surface area contributed by atoms with Crippen molar-refractivity contribution < 1.29 is 24.2 Å². The summed E-state index contributed by atoms with van der Waals surface area (Å²) in [5.74, 6) is -1.25. The van der Waals surface area contributed by atoms with E-state index in [1.807, 2.05) is 45.0 Å². The standard InChI is InChI=1S/C28H36N2O5/c1-4-20(16-26(31)32)30-27(33)18(2)10-9-11-19(3)29-28(34)35-17-25-23-14-7-5-12-21(23)22-13-6-8-15-24(22)25/h5-8,12-15,18-20,25H,4,9-11,16-17H2,1-3H3,(H,29,34)(H,30,33)(H,31,32)/t18?,19?,20-/m0/s1. The van der Waals surface area contributed by atoms with Gasteiger partial charge in [-0.05, 0) is 48.4 Å². The Hall–Kier alpha value is -3.35. The first-order valence-electron chi connectivity index (χ1n) is 12.4. The number of fused-ring (bicyclic) bond motifs is 3. The molecule has 0 heterocycles. The van der Waals surface area contributed by atoms with Gasteiger partial charge >= 0.3 is 12.1 Å². The Bertz CT molecular complexity index is 992. The van der Waals surface area contributed by atoms with Crippen LogP contribution in [0.2, 0.25) is 0 Å². The van der Waals surface area contributed by atoms with Gasteiger partial charge in [0.25, 0.3) is 0 Å². The summed E-state index contributed by atoms with van der Waals surface area (Å²) >= 11 is 0. The molecule has 1 aliphatic rings. The minimum Gasteiger partial charge on any atom is -0.481 e. The molecular weight excluding hydrogens is 444 g/mol. The van der Waals surface area contributed by atoms with Crippen molar-refractivity contribution in [2.45, 2.75) is 70.9 Å². The topological polar surface area (TPSA) is 105 Å². The number of ether oxygens (including phenoxy) is 1. The summed E-state index contributed by atoms with van der Waals surface area (Å²) in [7, 11) is 0. The first-order valence-corrected chi connectivity index (χ1v) is 12.4. The predicted molar refractivity (Wildman–Crippen MR) is 135 cm³/mol. The van der Waals surface area contributed by atoms with Gasteiger partial charge in [0.15, 0.2) is 0 Å². The second-order valence-electron chi connectivity index (χ2n) is 9.41. The number of aliphatic carboxylic acids is 1. The summed E-state index contributed by atoms with van der Waals surface area (Å²) in [6.07, 6.45) is 2.20. The number of carboxylic acid groups (broad SMARTS) is 1. The number of carboxylic acids is 1. The monoisotopic (exact) mass is 480 g/mol. The molecule has 0 saturated heterocycles. The van der Waals surface area contributed by atoms with Gasteiger partial charge in [0, 0.05) is 23.9 Å². The Morgan fingerprint density at radius 3 is 2.11 bits per heavy atom. The lowest BCUT2D eigenvalue weighted by Gasteiger charge is -2.19. The minimum absolute atomic E-state index is 0.0240. The quantitative estimate of drug-likeness (QED) is 0.392. The van der Waals surface area contributed by atoms with Crippen molar-refractivity contribution in [2.24, 2.45) is 5.92 Å². The molecule has 7 nitrogen and oxygen atoms in total. The fraction of sp³-hybridized carbons (Fsp3) is 0.464. The van der Waals surface area contributed by atoms with Crippen LogP contribution in [0.1, 0.15) is 69.9 Å². The molecule has 3 N–H and O–H groups in total. The second-order valence-corrected chi connectivity index (χ2v) is 9.41. The normalized spacial score (nSPS) is 14.8. The third kappa shape index (κ3) is 7.07. The molecule has 0 fully saturated rings. The summed E-state index contributed by atoms with van der Waals surface area (Å²) in [6.45, 7) is 5.90. The number of hydrogen-bond acceptors (Lipinski definition) is 4. The largest absolute Gasteiger partial charge is 0.481 e. The van der Waals surface area contributed by atoms with E-state index in [1.165, 1.54) is 22.3 Å². The Labute approximate surface area is 207 Å². The van der Waals surface area contributed by atoms with Crippen LogP contribution in [0.3, 0.4) is 0 Å². The molecule has 0 aromatic heterocycles. The zero-order valence-corrected chi connectivity index (χ0v) is 20.8. The van der Waals surface area contributed by atoms with E-state index in [0.29, 0.717) is 19.3 Å². The third-order valence-corrected chi connectivity index (χ3v) is 6.69. The van der Waals surface area contributed by atoms with E-state index < -0.39 is 12.1 Å². The predicted octanol–water partition coefficient (Wildman–Crippen LogP) is 5.09. The lowest BCUT2D eigenvalue weighted by Crippen LogP contribution is -2.39. The van der Waals surface area contributed by atoms with Gasteiger partial charge in [-0.1, -0.05) is 68.8 Å². The van der Waals surface area contributed by atoms with Crippen molar-refractivity contribution in [3.05, 3.63) is 59.7 Å². The van der Waals surface area contributed by atoms with E-state index >= 15 is 0 Å². The van der Waals surface area contributed by atoms with Gasteiger partial charge in [-0.2, -0.15) is 0 Å². The van der Waals surface area contributed by atoms with E-state index in [1.54, 1.807) is 0 Å². The van der Waals surface area contributed by atoms with Crippen LogP contribution in [0.25, 0.3) is 11.1 Å². The highest BCUT2D eigenvalue weighted by Gasteiger charge is 2.29. The summed E-state index contributed by atoms with van der Waals surface area (Å²) < 4.78 is 5.60. The average Bonchev–Trinajstić information content (AvgIpc) is 3.15. The molecule has 0 radical (unpaired) electrons. The fourth-order valence-electron chi connectivity index (χ4n) is 4.63. The molecule has 1 aliphatic carbocycles. The van der Waals surface area contributed by atoms with E-state index in [-0.39, 0.29) is 42.9 Å². The minimum atomic E-state index is -0.919. The third-order valence-electron chi connectivity index (χ3n) is 6.69. The van der Waals surface area contributed by atoms with Gasteiger partial charge in [-0.15, -0.1) is 0 Å². The van der Waals surface area contributed by atoms with Crippen molar-refractivity contribution >= 4 is 18.0 Å². The molecule has 2 aromatic rings. The Morgan fingerprint density at radius 2 is 1.54 bits per heavy atom. The molecule has 0 aliphatic heterocycles. The molecule has 2 amide bonds. The number of nitrogens with one attached hydrogen (secondary N) is 2. The summed E-state index contributed by atoms with van der Waals surface area (Å²) in [5.41, 5.74) is 4.74. The molecule has 7 heteroatoms. The highest BCUT2D eigenvalue weighted by molar-refractivity contribution is 5.80. The van der Waals surface area contributed by atoms with Crippen LogP contribution in [-0.2, 0) is 14.3 Å². The van der Waals surface area contributed by atoms with Crippen LogP contribution in [0, 0.1) is 5.92 Å². The molecule has 0 saturated carbocycles. The fourth-order valence-corrected chi connectivity index (χ4v) is 4.63. The molecule has 3 atom stereocenters. The Balaban J connectivity index is 1.40. The number of hydrogen-bond donors (Lipinski definition) is 3. The second kappa shape index (κ2) is 12.4. The van der Waals surface area contributed by atoms with Gasteiger partial charge in [-0.3, -0.25) is 9.59 Å². The maximum Gasteiger partial charge on any atom is 0.407 e. The summed E-state index contributed by atoms with van der Waals surface area (Å²) in [5, 5.41) is 14.6. The zero-order chi connectivity index (χ0) is 25.4. The van der Waals surface area contributed by atoms with Crippen molar-refractivity contribution in [2.75, 3.05) is 6.61 Å². The molecule has 0 spiro atoms. The summed E-state index contributed by atoms with van der Waals surface area (Å²) in [6, 6.07) is 16.0. The number of carbonyl (C=O) groups excluding carboxylic acids is 2. The molecular formula is C28H36N2O5.